The lowest BCUT2D eigenvalue weighted by atomic mass is 9.96. The predicted octanol–water partition coefficient (Wildman–Crippen LogP) is -0.231. The molecule has 0 spiro atoms. The molecule has 0 saturated carbocycles. The molecule has 0 aliphatic carbocycles. The molecule has 1 amide bonds. The number of primary amides is 1. The number of hydrogen-bond donors (Lipinski definition) is 2. The van der Waals surface area contributed by atoms with Crippen LogP contribution in [-0.4, -0.2) is 36.1 Å². The molecule has 18 heavy (non-hydrogen) atoms. The molecule has 1 aliphatic rings. The molecule has 2 heterocycles. The molecular formula is C11H17N5O2. The molecule has 1 aromatic rings. The zero-order chi connectivity index (χ0) is 13.1. The third-order valence-electron chi connectivity index (χ3n) is 3.14. The van der Waals surface area contributed by atoms with Crippen molar-refractivity contribution < 1.29 is 9.53 Å². The third kappa shape index (κ3) is 2.61. The quantitative estimate of drug-likeness (QED) is 0.768. The van der Waals surface area contributed by atoms with Gasteiger partial charge in [-0.15, -0.1) is 0 Å². The van der Waals surface area contributed by atoms with Gasteiger partial charge in [0, 0.05) is 25.1 Å². The number of ether oxygens (including phenoxy) is 1. The van der Waals surface area contributed by atoms with Gasteiger partial charge in [0.05, 0.1) is 7.11 Å². The molecule has 1 saturated heterocycles. The van der Waals surface area contributed by atoms with Crippen LogP contribution < -0.4 is 21.1 Å². The number of nitrogens with two attached hydrogens (primary N) is 2. The summed E-state index contributed by atoms with van der Waals surface area (Å²) in [6, 6.07) is 1.74. The Hall–Kier alpha value is -2.05. The lowest BCUT2D eigenvalue weighted by Gasteiger charge is -2.31. The summed E-state index contributed by atoms with van der Waals surface area (Å²) in [7, 11) is 1.53. The average Bonchev–Trinajstić information content (AvgIpc) is 2.38. The van der Waals surface area contributed by atoms with Crippen LogP contribution in [0.25, 0.3) is 0 Å². The van der Waals surface area contributed by atoms with E-state index in [4.69, 9.17) is 16.2 Å². The van der Waals surface area contributed by atoms with E-state index in [2.05, 4.69) is 14.9 Å². The third-order valence-corrected chi connectivity index (χ3v) is 3.14. The second-order valence-electron chi connectivity index (χ2n) is 4.29. The summed E-state index contributed by atoms with van der Waals surface area (Å²) in [6.07, 6.45) is 1.48. The van der Waals surface area contributed by atoms with Gasteiger partial charge in [-0.1, -0.05) is 0 Å². The first kappa shape index (κ1) is 12.4. The minimum absolute atomic E-state index is 0.0395. The Morgan fingerprint density at radius 3 is 2.67 bits per heavy atom. The van der Waals surface area contributed by atoms with Crippen LogP contribution in [0.1, 0.15) is 12.8 Å². The van der Waals surface area contributed by atoms with Gasteiger partial charge in [0.15, 0.2) is 0 Å². The van der Waals surface area contributed by atoms with Crippen molar-refractivity contribution in [1.29, 1.82) is 0 Å². The summed E-state index contributed by atoms with van der Waals surface area (Å²) in [4.78, 5) is 21.3. The summed E-state index contributed by atoms with van der Waals surface area (Å²) >= 11 is 0. The van der Waals surface area contributed by atoms with E-state index in [0.29, 0.717) is 5.88 Å². The van der Waals surface area contributed by atoms with Crippen molar-refractivity contribution in [3.05, 3.63) is 6.07 Å². The molecule has 0 atom stereocenters. The lowest BCUT2D eigenvalue weighted by Crippen LogP contribution is -2.39. The standard InChI is InChI=1S/C11H17N5O2/c1-18-9-6-8(14-11(13)15-9)16-4-2-7(3-5-16)10(12)17/h6-7H,2-5H2,1H3,(H2,12,17)(H2,13,14,15). The number of anilines is 2. The summed E-state index contributed by atoms with van der Waals surface area (Å²) < 4.78 is 5.05. The fourth-order valence-electron chi connectivity index (χ4n) is 2.09. The largest absolute Gasteiger partial charge is 0.481 e. The lowest BCUT2D eigenvalue weighted by molar-refractivity contribution is -0.122. The average molecular weight is 251 g/mol. The minimum Gasteiger partial charge on any atom is -0.481 e. The van der Waals surface area contributed by atoms with E-state index in [9.17, 15) is 4.79 Å². The number of methoxy groups -OCH3 is 1. The second kappa shape index (κ2) is 5.07. The molecule has 7 heteroatoms. The first-order valence-corrected chi connectivity index (χ1v) is 5.83. The van der Waals surface area contributed by atoms with Gasteiger partial charge in [0.2, 0.25) is 17.7 Å². The van der Waals surface area contributed by atoms with E-state index in [1.54, 1.807) is 6.07 Å². The first-order valence-electron chi connectivity index (χ1n) is 5.83. The minimum atomic E-state index is -0.227. The molecule has 4 N–H and O–H groups in total. The van der Waals surface area contributed by atoms with Crippen molar-refractivity contribution in [2.45, 2.75) is 12.8 Å². The SMILES string of the molecule is COc1cc(N2CCC(C(N)=O)CC2)nc(N)n1. The van der Waals surface area contributed by atoms with Gasteiger partial charge in [0.1, 0.15) is 5.82 Å². The molecule has 2 rings (SSSR count). The van der Waals surface area contributed by atoms with E-state index >= 15 is 0 Å². The number of hydrogen-bond acceptors (Lipinski definition) is 6. The van der Waals surface area contributed by atoms with Gasteiger partial charge in [-0.25, -0.2) is 0 Å². The van der Waals surface area contributed by atoms with Gasteiger partial charge in [0.25, 0.3) is 0 Å². The molecule has 0 radical (unpaired) electrons. The van der Waals surface area contributed by atoms with Crippen LogP contribution >= 0.6 is 0 Å². The molecule has 0 aromatic carbocycles. The van der Waals surface area contributed by atoms with Crippen LogP contribution in [0.2, 0.25) is 0 Å². The van der Waals surface area contributed by atoms with Gasteiger partial charge < -0.3 is 21.1 Å². The van der Waals surface area contributed by atoms with Gasteiger partial charge >= 0.3 is 0 Å². The van der Waals surface area contributed by atoms with E-state index in [0.717, 1.165) is 31.7 Å². The maximum absolute atomic E-state index is 11.1. The molecular weight excluding hydrogens is 234 g/mol. The Kier molecular flexibility index (Phi) is 3.50. The molecule has 98 valence electrons. The number of aromatic nitrogens is 2. The smallest absolute Gasteiger partial charge is 0.225 e. The van der Waals surface area contributed by atoms with Gasteiger partial charge in [-0.2, -0.15) is 9.97 Å². The summed E-state index contributed by atoms with van der Waals surface area (Å²) in [6.45, 7) is 1.46. The fraction of sp³-hybridized carbons (Fsp3) is 0.545. The van der Waals surface area contributed by atoms with Gasteiger partial charge in [-0.05, 0) is 12.8 Å². The Morgan fingerprint density at radius 1 is 1.44 bits per heavy atom. The first-order chi connectivity index (χ1) is 8.60. The fourth-order valence-corrected chi connectivity index (χ4v) is 2.09. The molecule has 0 bridgehead atoms. The highest BCUT2D eigenvalue weighted by Gasteiger charge is 2.24. The van der Waals surface area contributed by atoms with Crippen LogP contribution in [0.3, 0.4) is 0 Å². The summed E-state index contributed by atoms with van der Waals surface area (Å²) in [5.74, 6) is 1.08. The molecule has 7 nitrogen and oxygen atoms in total. The zero-order valence-electron chi connectivity index (χ0n) is 10.3. The highest BCUT2D eigenvalue weighted by molar-refractivity contribution is 5.77. The number of amides is 1. The maximum atomic E-state index is 11.1. The number of rotatable bonds is 3. The topological polar surface area (TPSA) is 107 Å². The van der Waals surface area contributed by atoms with Crippen LogP contribution in [0.4, 0.5) is 11.8 Å². The van der Waals surface area contributed by atoms with Crippen molar-refractivity contribution >= 4 is 17.7 Å². The Labute approximate surface area is 105 Å². The Balaban J connectivity index is 2.09. The predicted molar refractivity (Wildman–Crippen MR) is 67.1 cm³/mol. The summed E-state index contributed by atoms with van der Waals surface area (Å²) in [5, 5.41) is 0. The maximum Gasteiger partial charge on any atom is 0.225 e. The zero-order valence-corrected chi connectivity index (χ0v) is 10.3. The van der Waals surface area contributed by atoms with Crippen LogP contribution in [0, 0.1) is 5.92 Å². The molecule has 1 aromatic heterocycles. The molecule has 1 fully saturated rings. The van der Waals surface area contributed by atoms with Gasteiger partial charge in [-0.3, -0.25) is 4.79 Å². The van der Waals surface area contributed by atoms with Crippen molar-refractivity contribution in [2.24, 2.45) is 11.7 Å². The van der Waals surface area contributed by atoms with Crippen molar-refractivity contribution in [1.82, 2.24) is 9.97 Å². The van der Waals surface area contributed by atoms with Crippen LogP contribution in [-0.2, 0) is 4.79 Å². The number of nitrogen functional groups attached to an aromatic ring is 1. The van der Waals surface area contributed by atoms with E-state index < -0.39 is 0 Å². The number of carbonyl (C=O) groups is 1. The highest BCUT2D eigenvalue weighted by Crippen LogP contribution is 2.24. The van der Waals surface area contributed by atoms with Crippen molar-refractivity contribution in [3.63, 3.8) is 0 Å². The highest BCUT2D eigenvalue weighted by atomic mass is 16.5. The van der Waals surface area contributed by atoms with Crippen LogP contribution in [0.15, 0.2) is 6.07 Å². The molecule has 0 unspecified atom stereocenters. The number of piperidine rings is 1. The van der Waals surface area contributed by atoms with E-state index in [-0.39, 0.29) is 17.8 Å². The second-order valence-corrected chi connectivity index (χ2v) is 4.29. The molecule has 1 aliphatic heterocycles. The van der Waals surface area contributed by atoms with Crippen molar-refractivity contribution in [3.8, 4) is 5.88 Å². The van der Waals surface area contributed by atoms with Crippen LogP contribution in [0.5, 0.6) is 5.88 Å². The Bertz CT molecular complexity index is 443. The summed E-state index contributed by atoms with van der Waals surface area (Å²) in [5.41, 5.74) is 10.9. The van der Waals surface area contributed by atoms with E-state index in [1.807, 2.05) is 0 Å². The number of nitrogens with zero attached hydrogens (tertiary/aromatic N) is 3. The Morgan fingerprint density at radius 2 is 2.11 bits per heavy atom. The monoisotopic (exact) mass is 251 g/mol. The number of carbonyl (C=O) groups excluding carboxylic acids is 1. The van der Waals surface area contributed by atoms with Crippen molar-refractivity contribution in [2.75, 3.05) is 30.8 Å². The van der Waals surface area contributed by atoms with E-state index in [1.165, 1.54) is 7.11 Å². The normalized spacial score (nSPS) is 16.6.